The Morgan fingerprint density at radius 2 is 1.09 bits per heavy atom. The van der Waals surface area contributed by atoms with Gasteiger partial charge in [0.05, 0.1) is 39.7 Å². The van der Waals surface area contributed by atoms with Gasteiger partial charge in [0, 0.05) is 10.8 Å². The van der Waals surface area contributed by atoms with Crippen molar-refractivity contribution < 1.29 is 8.83 Å². The van der Waals surface area contributed by atoms with Gasteiger partial charge < -0.3 is 8.83 Å². The molecule has 0 fully saturated rings. The van der Waals surface area contributed by atoms with Crippen LogP contribution in [0.25, 0.3) is 49.5 Å². The quantitative estimate of drug-likeness (QED) is 0.209. The van der Waals surface area contributed by atoms with E-state index >= 15 is 0 Å². The molecule has 0 aliphatic carbocycles. The smallest absolute Gasteiger partial charge is 0.144 e. The van der Waals surface area contributed by atoms with Crippen molar-refractivity contribution in [3.05, 3.63) is 47.9 Å². The largest absolute Gasteiger partial charge is 0.463 e. The average Bonchev–Trinajstić information content (AvgIpc) is 3.59. The fourth-order valence-electron chi connectivity index (χ4n) is 4.13. The van der Waals surface area contributed by atoms with Gasteiger partial charge in [-0.3, -0.25) is 0 Å². The van der Waals surface area contributed by atoms with Crippen molar-refractivity contribution in [2.75, 3.05) is 0 Å². The van der Waals surface area contributed by atoms with Crippen LogP contribution in [-0.4, -0.2) is 0 Å². The maximum absolute atomic E-state index is 5.90. The van der Waals surface area contributed by atoms with Gasteiger partial charge in [0.1, 0.15) is 11.5 Å². The molecule has 0 aromatic carbocycles. The molecular formula is C26H24O2S4. The first-order valence-electron chi connectivity index (χ1n) is 11.3. The second kappa shape index (κ2) is 8.49. The van der Waals surface area contributed by atoms with Crippen molar-refractivity contribution in [1.29, 1.82) is 0 Å². The number of furan rings is 2. The Bertz CT molecular complexity index is 1400. The van der Waals surface area contributed by atoms with E-state index in [0.29, 0.717) is 0 Å². The van der Waals surface area contributed by atoms with Crippen molar-refractivity contribution in [3.8, 4) is 21.3 Å². The topological polar surface area (TPSA) is 26.3 Å². The summed E-state index contributed by atoms with van der Waals surface area (Å²) >= 11 is 7.56. The highest BCUT2D eigenvalue weighted by molar-refractivity contribution is 7.50. The van der Waals surface area contributed by atoms with Crippen LogP contribution in [0.15, 0.2) is 45.6 Å². The lowest BCUT2D eigenvalue weighted by molar-refractivity contribution is 0.578. The Morgan fingerprint density at radius 1 is 0.625 bits per heavy atom. The SMILES string of the molecule is CCCCc1coc(-c2cc3c(s2)sc2c4cc(-c5cc(CCCC)co5)sc4sc32)c1. The third-order valence-electron chi connectivity index (χ3n) is 5.91. The lowest BCUT2D eigenvalue weighted by atomic mass is 10.1. The summed E-state index contributed by atoms with van der Waals surface area (Å²) in [6.07, 6.45) is 10.9. The molecule has 6 aromatic rings. The van der Waals surface area contributed by atoms with Gasteiger partial charge in [-0.2, -0.15) is 0 Å². The monoisotopic (exact) mass is 496 g/mol. The molecule has 32 heavy (non-hydrogen) atoms. The molecule has 0 saturated carbocycles. The first-order chi connectivity index (χ1) is 15.7. The fourth-order valence-corrected chi connectivity index (χ4v) is 9.58. The third kappa shape index (κ3) is 3.58. The Labute approximate surface area is 203 Å². The summed E-state index contributed by atoms with van der Waals surface area (Å²) in [5, 5.41) is 2.76. The molecular weight excluding hydrogens is 473 g/mol. The molecule has 6 rings (SSSR count). The summed E-state index contributed by atoms with van der Waals surface area (Å²) < 4.78 is 17.4. The average molecular weight is 497 g/mol. The van der Waals surface area contributed by atoms with Gasteiger partial charge in [-0.1, -0.05) is 26.7 Å². The number of fused-ring (bicyclic) bond motifs is 5. The molecule has 0 spiro atoms. The highest BCUT2D eigenvalue weighted by Gasteiger charge is 2.19. The zero-order valence-corrected chi connectivity index (χ0v) is 21.4. The normalized spacial score (nSPS) is 12.2. The minimum atomic E-state index is 1.01. The highest BCUT2D eigenvalue weighted by atomic mass is 32.2. The van der Waals surface area contributed by atoms with Crippen molar-refractivity contribution in [1.82, 2.24) is 0 Å². The summed E-state index contributed by atoms with van der Waals surface area (Å²) in [4.78, 5) is 2.48. The zero-order chi connectivity index (χ0) is 21.7. The maximum Gasteiger partial charge on any atom is 0.144 e. The first kappa shape index (κ1) is 20.7. The summed E-state index contributed by atoms with van der Waals surface area (Å²) in [7, 11) is 0. The van der Waals surface area contributed by atoms with E-state index in [1.807, 2.05) is 57.9 Å². The van der Waals surface area contributed by atoms with E-state index in [1.165, 1.54) is 74.8 Å². The molecule has 6 aromatic heterocycles. The van der Waals surface area contributed by atoms with E-state index in [2.05, 4.69) is 38.1 Å². The predicted octanol–water partition coefficient (Wildman–Crippen LogP) is 10.6. The van der Waals surface area contributed by atoms with Crippen molar-refractivity contribution in [2.24, 2.45) is 0 Å². The first-order valence-corrected chi connectivity index (χ1v) is 14.5. The summed E-state index contributed by atoms with van der Waals surface area (Å²) in [6, 6.07) is 9.10. The Kier molecular flexibility index (Phi) is 5.50. The maximum atomic E-state index is 5.90. The molecule has 0 radical (unpaired) electrons. The van der Waals surface area contributed by atoms with E-state index < -0.39 is 0 Å². The lowest BCUT2D eigenvalue weighted by Gasteiger charge is -1.91. The number of unbranched alkanes of at least 4 members (excludes halogenated alkanes) is 2. The van der Waals surface area contributed by atoms with E-state index in [9.17, 15) is 0 Å². The lowest BCUT2D eigenvalue weighted by Crippen LogP contribution is -1.78. The Hall–Kier alpha value is -1.86. The van der Waals surface area contributed by atoms with Crippen molar-refractivity contribution in [3.63, 3.8) is 0 Å². The van der Waals surface area contributed by atoms with Crippen LogP contribution in [0.1, 0.15) is 50.7 Å². The fraction of sp³-hybridized carbons (Fsp3) is 0.308. The molecule has 164 valence electrons. The van der Waals surface area contributed by atoms with Crippen LogP contribution in [0.5, 0.6) is 0 Å². The van der Waals surface area contributed by atoms with Gasteiger partial charge in [-0.25, -0.2) is 0 Å². The van der Waals surface area contributed by atoms with Crippen LogP contribution >= 0.6 is 45.3 Å². The Morgan fingerprint density at radius 3 is 1.53 bits per heavy atom. The molecule has 0 saturated heterocycles. The zero-order valence-electron chi connectivity index (χ0n) is 18.2. The van der Waals surface area contributed by atoms with Crippen LogP contribution < -0.4 is 0 Å². The molecule has 0 N–H and O–H groups in total. The number of hydrogen-bond acceptors (Lipinski definition) is 6. The summed E-state index contributed by atoms with van der Waals surface area (Å²) in [5.41, 5.74) is 2.62. The summed E-state index contributed by atoms with van der Waals surface area (Å²) in [6.45, 7) is 4.46. The van der Waals surface area contributed by atoms with E-state index in [-0.39, 0.29) is 0 Å². The van der Waals surface area contributed by atoms with Crippen LogP contribution in [0.2, 0.25) is 0 Å². The Balaban J connectivity index is 1.33. The van der Waals surface area contributed by atoms with Crippen LogP contribution in [-0.2, 0) is 12.8 Å². The minimum Gasteiger partial charge on any atom is -0.463 e. The van der Waals surface area contributed by atoms with Crippen LogP contribution in [0.3, 0.4) is 0 Å². The van der Waals surface area contributed by atoms with Crippen molar-refractivity contribution >= 4 is 73.5 Å². The van der Waals surface area contributed by atoms with E-state index in [4.69, 9.17) is 8.83 Å². The molecule has 0 aliphatic heterocycles. The van der Waals surface area contributed by atoms with Gasteiger partial charge >= 0.3 is 0 Å². The standard InChI is InChI=1S/C26H24O2S4/c1-3-5-7-15-9-19(27-13-15)21-11-17-23-24(31-25(17)29-21)18-12-22(30-26(18)32-23)20-10-16(14-28-20)8-6-4-2/h9-14H,3-8H2,1-2H3. The second-order valence-electron chi connectivity index (χ2n) is 8.33. The van der Waals surface area contributed by atoms with Gasteiger partial charge in [0.25, 0.3) is 0 Å². The summed E-state index contributed by atoms with van der Waals surface area (Å²) in [5.74, 6) is 2.02. The van der Waals surface area contributed by atoms with Gasteiger partial charge in [-0.05, 0) is 61.1 Å². The molecule has 0 unspecified atom stereocenters. The molecule has 2 nitrogen and oxygen atoms in total. The van der Waals surface area contributed by atoms with Crippen LogP contribution in [0.4, 0.5) is 0 Å². The van der Waals surface area contributed by atoms with E-state index in [1.54, 1.807) is 0 Å². The molecule has 6 heterocycles. The predicted molar refractivity (Wildman–Crippen MR) is 143 cm³/mol. The molecule has 0 aliphatic rings. The van der Waals surface area contributed by atoms with Gasteiger partial charge in [0.15, 0.2) is 0 Å². The molecule has 6 heteroatoms. The van der Waals surface area contributed by atoms with E-state index in [0.717, 1.165) is 24.4 Å². The number of hydrogen-bond donors (Lipinski definition) is 0. The third-order valence-corrected chi connectivity index (χ3v) is 11.0. The molecule has 0 atom stereocenters. The number of rotatable bonds is 8. The number of thiophene rings is 4. The van der Waals surface area contributed by atoms with Gasteiger partial charge in [0.2, 0.25) is 0 Å². The molecule has 0 bridgehead atoms. The van der Waals surface area contributed by atoms with Crippen LogP contribution in [0, 0.1) is 0 Å². The van der Waals surface area contributed by atoms with Crippen molar-refractivity contribution in [2.45, 2.75) is 52.4 Å². The highest BCUT2D eigenvalue weighted by Crippen LogP contribution is 2.51. The second-order valence-corrected chi connectivity index (χ2v) is 13.0. The molecule has 0 amide bonds. The number of aryl methyl sites for hydroxylation is 2. The minimum absolute atomic E-state index is 1.01. The van der Waals surface area contributed by atoms with Gasteiger partial charge in [-0.15, -0.1) is 45.3 Å².